The van der Waals surface area contributed by atoms with Gasteiger partial charge in [-0.1, -0.05) is 6.92 Å². The number of carbonyl (C=O) groups excluding carboxylic acids is 1. The van der Waals surface area contributed by atoms with Crippen LogP contribution in [-0.4, -0.2) is 30.6 Å². The summed E-state index contributed by atoms with van der Waals surface area (Å²) in [5.41, 5.74) is 0.332. The minimum absolute atomic E-state index is 0.0444. The Morgan fingerprint density at radius 3 is 2.95 bits per heavy atom. The highest BCUT2D eigenvalue weighted by molar-refractivity contribution is 5.96. The van der Waals surface area contributed by atoms with Crippen molar-refractivity contribution in [1.82, 2.24) is 10.3 Å². The van der Waals surface area contributed by atoms with Crippen LogP contribution >= 0.6 is 0 Å². The van der Waals surface area contributed by atoms with E-state index >= 15 is 0 Å². The van der Waals surface area contributed by atoms with Crippen LogP contribution in [0, 0.1) is 5.41 Å². The molecule has 19 heavy (non-hydrogen) atoms. The third-order valence-corrected chi connectivity index (χ3v) is 3.56. The smallest absolute Gasteiger partial charge is 0.237 e. The maximum absolute atomic E-state index is 12.4. The molecule has 1 aromatic rings. The summed E-state index contributed by atoms with van der Waals surface area (Å²) in [4.78, 5) is 16.6. The summed E-state index contributed by atoms with van der Waals surface area (Å²) < 4.78 is 5.42. The van der Waals surface area contributed by atoms with Gasteiger partial charge in [0.2, 0.25) is 11.8 Å². The van der Waals surface area contributed by atoms with Crippen LogP contribution in [0.1, 0.15) is 26.7 Å². The van der Waals surface area contributed by atoms with Gasteiger partial charge in [0.15, 0.2) is 0 Å². The zero-order chi connectivity index (χ0) is 13.7. The first kappa shape index (κ1) is 13.8. The molecule has 0 unspecified atom stereocenters. The van der Waals surface area contributed by atoms with E-state index in [1.54, 1.807) is 12.3 Å². The Morgan fingerprint density at radius 1 is 1.53 bits per heavy atom. The molecule has 1 amide bonds. The van der Waals surface area contributed by atoms with Crippen LogP contribution in [0.4, 0.5) is 5.69 Å². The van der Waals surface area contributed by atoms with Crippen LogP contribution in [0.5, 0.6) is 5.88 Å². The van der Waals surface area contributed by atoms with Crippen LogP contribution in [0.25, 0.3) is 0 Å². The van der Waals surface area contributed by atoms with Crippen molar-refractivity contribution >= 4 is 11.6 Å². The Labute approximate surface area is 113 Å². The highest BCUT2D eigenvalue weighted by Crippen LogP contribution is 2.31. The van der Waals surface area contributed by atoms with Crippen LogP contribution in [0.2, 0.25) is 0 Å². The van der Waals surface area contributed by atoms with Gasteiger partial charge < -0.3 is 15.4 Å². The average molecular weight is 263 g/mol. The molecule has 1 fully saturated rings. The number of pyridine rings is 1. The number of piperidine rings is 1. The van der Waals surface area contributed by atoms with E-state index in [9.17, 15) is 4.79 Å². The molecule has 2 N–H and O–H groups in total. The third kappa shape index (κ3) is 3.23. The molecule has 1 aromatic heterocycles. The monoisotopic (exact) mass is 263 g/mol. The summed E-state index contributed by atoms with van der Waals surface area (Å²) in [6.45, 7) is 6.21. The van der Waals surface area contributed by atoms with Crippen molar-refractivity contribution in [2.45, 2.75) is 26.7 Å². The van der Waals surface area contributed by atoms with E-state index in [0.717, 1.165) is 25.9 Å². The zero-order valence-corrected chi connectivity index (χ0v) is 11.5. The molecule has 0 atom stereocenters. The van der Waals surface area contributed by atoms with Gasteiger partial charge in [-0.05, 0) is 45.0 Å². The van der Waals surface area contributed by atoms with Gasteiger partial charge in [-0.15, -0.1) is 0 Å². The topological polar surface area (TPSA) is 63.2 Å². The van der Waals surface area contributed by atoms with Crippen molar-refractivity contribution in [3.63, 3.8) is 0 Å². The van der Waals surface area contributed by atoms with E-state index in [-0.39, 0.29) is 11.3 Å². The fourth-order valence-electron chi connectivity index (χ4n) is 2.22. The Balaban J connectivity index is 2.10. The molecule has 2 heterocycles. The van der Waals surface area contributed by atoms with Crippen LogP contribution in [0.15, 0.2) is 18.3 Å². The number of ether oxygens (including phenoxy) is 1. The summed E-state index contributed by atoms with van der Waals surface area (Å²) in [6.07, 6.45) is 3.36. The van der Waals surface area contributed by atoms with Crippen LogP contribution in [-0.2, 0) is 4.79 Å². The van der Waals surface area contributed by atoms with Gasteiger partial charge in [0.1, 0.15) is 5.69 Å². The number of rotatable bonds is 4. The molecular weight excluding hydrogens is 242 g/mol. The van der Waals surface area contributed by atoms with Crippen molar-refractivity contribution in [3.05, 3.63) is 18.3 Å². The van der Waals surface area contributed by atoms with E-state index in [4.69, 9.17) is 4.74 Å². The minimum atomic E-state index is -0.315. The Kier molecular flexibility index (Phi) is 4.37. The van der Waals surface area contributed by atoms with Crippen molar-refractivity contribution in [3.8, 4) is 5.88 Å². The summed E-state index contributed by atoms with van der Waals surface area (Å²) in [6, 6.07) is 3.61. The normalized spacial score (nSPS) is 17.8. The molecule has 5 heteroatoms. The van der Waals surface area contributed by atoms with Crippen molar-refractivity contribution in [2.24, 2.45) is 5.41 Å². The predicted molar refractivity (Wildman–Crippen MR) is 74.2 cm³/mol. The number of nitrogens with zero attached hydrogens (tertiary/aromatic N) is 1. The maximum Gasteiger partial charge on any atom is 0.237 e. The van der Waals surface area contributed by atoms with Crippen molar-refractivity contribution < 1.29 is 9.53 Å². The van der Waals surface area contributed by atoms with Gasteiger partial charge in [-0.2, -0.15) is 0 Å². The van der Waals surface area contributed by atoms with Crippen LogP contribution in [0.3, 0.4) is 0 Å². The second kappa shape index (κ2) is 6.02. The second-order valence-electron chi connectivity index (χ2n) is 5.05. The lowest BCUT2D eigenvalue weighted by molar-refractivity contribution is -0.126. The summed E-state index contributed by atoms with van der Waals surface area (Å²) >= 11 is 0. The Morgan fingerprint density at radius 2 is 2.26 bits per heavy atom. The Bertz CT molecular complexity index is 442. The molecule has 1 aliphatic heterocycles. The number of amides is 1. The van der Waals surface area contributed by atoms with Gasteiger partial charge in [-0.25, -0.2) is 4.98 Å². The summed E-state index contributed by atoms with van der Waals surface area (Å²) in [5, 5.41) is 6.22. The third-order valence-electron chi connectivity index (χ3n) is 3.56. The number of nitrogens with one attached hydrogen (secondary N) is 2. The zero-order valence-electron chi connectivity index (χ0n) is 11.5. The fourth-order valence-corrected chi connectivity index (χ4v) is 2.22. The first-order valence-electron chi connectivity index (χ1n) is 6.76. The molecule has 2 rings (SSSR count). The molecule has 1 saturated heterocycles. The Hall–Kier alpha value is -1.62. The molecule has 0 spiro atoms. The van der Waals surface area contributed by atoms with Gasteiger partial charge in [0.25, 0.3) is 0 Å². The highest BCUT2D eigenvalue weighted by Gasteiger charge is 2.34. The number of aromatic nitrogens is 1. The van der Waals surface area contributed by atoms with E-state index in [1.807, 2.05) is 19.9 Å². The number of hydrogen-bond donors (Lipinski definition) is 2. The average Bonchev–Trinajstić information content (AvgIpc) is 2.42. The summed E-state index contributed by atoms with van der Waals surface area (Å²) in [7, 11) is 0. The molecule has 0 bridgehead atoms. The number of hydrogen-bond acceptors (Lipinski definition) is 4. The molecule has 1 aliphatic rings. The minimum Gasteiger partial charge on any atom is -0.476 e. The molecule has 5 nitrogen and oxygen atoms in total. The molecular formula is C14H21N3O2. The second-order valence-corrected chi connectivity index (χ2v) is 5.05. The highest BCUT2D eigenvalue weighted by atomic mass is 16.5. The van der Waals surface area contributed by atoms with E-state index < -0.39 is 0 Å². The fraction of sp³-hybridized carbons (Fsp3) is 0.571. The van der Waals surface area contributed by atoms with E-state index in [2.05, 4.69) is 15.6 Å². The van der Waals surface area contributed by atoms with Gasteiger partial charge in [-0.3, -0.25) is 4.79 Å². The van der Waals surface area contributed by atoms with Gasteiger partial charge >= 0.3 is 0 Å². The lowest BCUT2D eigenvalue weighted by Crippen LogP contribution is -2.42. The maximum atomic E-state index is 12.4. The first-order valence-corrected chi connectivity index (χ1v) is 6.76. The number of carbonyl (C=O) groups is 1. The van der Waals surface area contributed by atoms with Gasteiger partial charge in [0, 0.05) is 11.6 Å². The number of anilines is 1. The quantitative estimate of drug-likeness (QED) is 0.869. The molecule has 0 saturated carbocycles. The standard InChI is InChI=1S/C14H21N3O2/c1-3-19-12-11(5-4-8-16-12)17-13(18)14(2)6-9-15-10-7-14/h4-5,8,15H,3,6-7,9-10H2,1-2H3,(H,17,18). The van der Waals surface area contributed by atoms with E-state index in [1.165, 1.54) is 0 Å². The molecule has 0 radical (unpaired) electrons. The van der Waals surface area contributed by atoms with Gasteiger partial charge in [0.05, 0.1) is 6.61 Å². The van der Waals surface area contributed by atoms with Crippen molar-refractivity contribution in [1.29, 1.82) is 0 Å². The lowest BCUT2D eigenvalue weighted by atomic mass is 9.80. The predicted octanol–water partition coefficient (Wildman–Crippen LogP) is 1.81. The molecule has 0 aromatic carbocycles. The largest absolute Gasteiger partial charge is 0.476 e. The molecule has 104 valence electrons. The SMILES string of the molecule is CCOc1ncccc1NC(=O)C1(C)CCNCC1. The van der Waals surface area contributed by atoms with Crippen LogP contribution < -0.4 is 15.4 Å². The van der Waals surface area contributed by atoms with E-state index in [0.29, 0.717) is 18.2 Å². The first-order chi connectivity index (χ1) is 9.15. The molecule has 0 aliphatic carbocycles. The summed E-state index contributed by atoms with van der Waals surface area (Å²) in [5.74, 6) is 0.527. The van der Waals surface area contributed by atoms with Crippen molar-refractivity contribution in [2.75, 3.05) is 25.0 Å². The lowest BCUT2D eigenvalue weighted by Gasteiger charge is -2.32.